The van der Waals surface area contributed by atoms with E-state index < -0.39 is 28.5 Å². The van der Waals surface area contributed by atoms with Gasteiger partial charge in [0.1, 0.15) is 18.3 Å². The minimum absolute atomic E-state index is 0.0386. The van der Waals surface area contributed by atoms with Crippen molar-refractivity contribution in [3.63, 3.8) is 0 Å². The van der Waals surface area contributed by atoms with Gasteiger partial charge in [0.15, 0.2) is 0 Å². The third-order valence-electron chi connectivity index (χ3n) is 7.19. The average molecular weight is 594 g/mol. The van der Waals surface area contributed by atoms with E-state index in [9.17, 15) is 18.0 Å². The standard InChI is InChI=1S/C33H43N3O5S/c1-6-26(5)34-33(38)31(7-2)35(23-22-27-12-10-9-11-13-27)32(37)24-36(28-16-14-25(4)15-17-28)42(39,40)30-20-18-29(19-21-30)41-8-3/h9-21,26,31H,6-8,22-24H2,1-5H3,(H,34,38)/t26-,31+/m1/s1. The Bertz CT molecular complexity index is 1390. The van der Waals surface area contributed by atoms with Crippen LogP contribution in [-0.4, -0.2) is 56.9 Å². The van der Waals surface area contributed by atoms with Crippen LogP contribution in [0.2, 0.25) is 0 Å². The molecule has 0 saturated heterocycles. The Kier molecular flexibility index (Phi) is 12.0. The summed E-state index contributed by atoms with van der Waals surface area (Å²) in [4.78, 5) is 29.0. The van der Waals surface area contributed by atoms with Crippen molar-refractivity contribution in [3.05, 3.63) is 90.0 Å². The van der Waals surface area contributed by atoms with Gasteiger partial charge in [-0.1, -0.05) is 61.9 Å². The lowest BCUT2D eigenvalue weighted by Gasteiger charge is -2.33. The number of aryl methyl sites for hydroxylation is 1. The molecular weight excluding hydrogens is 550 g/mol. The summed E-state index contributed by atoms with van der Waals surface area (Å²) >= 11 is 0. The van der Waals surface area contributed by atoms with Crippen molar-refractivity contribution in [3.8, 4) is 5.75 Å². The van der Waals surface area contributed by atoms with Crippen LogP contribution < -0.4 is 14.4 Å². The van der Waals surface area contributed by atoms with Crippen molar-refractivity contribution in [2.24, 2.45) is 0 Å². The minimum atomic E-state index is -4.14. The molecule has 0 spiro atoms. The van der Waals surface area contributed by atoms with Gasteiger partial charge in [0.25, 0.3) is 10.0 Å². The monoisotopic (exact) mass is 593 g/mol. The van der Waals surface area contributed by atoms with Crippen LogP contribution in [0.1, 0.15) is 51.7 Å². The number of hydrogen-bond acceptors (Lipinski definition) is 5. The summed E-state index contributed by atoms with van der Waals surface area (Å²) in [6, 6.07) is 22.1. The maximum absolute atomic E-state index is 14.1. The number of hydrogen-bond donors (Lipinski definition) is 1. The van der Waals surface area contributed by atoms with Gasteiger partial charge in [-0.25, -0.2) is 8.42 Å². The Hall–Kier alpha value is -3.85. The Labute approximate surface area is 250 Å². The molecule has 226 valence electrons. The van der Waals surface area contributed by atoms with E-state index in [1.165, 1.54) is 17.0 Å². The Balaban J connectivity index is 2.00. The number of nitrogens with one attached hydrogen (secondary N) is 1. The largest absolute Gasteiger partial charge is 0.494 e. The van der Waals surface area contributed by atoms with Gasteiger partial charge in [-0.2, -0.15) is 0 Å². The van der Waals surface area contributed by atoms with Gasteiger partial charge in [-0.3, -0.25) is 13.9 Å². The van der Waals surface area contributed by atoms with Gasteiger partial charge in [-0.15, -0.1) is 0 Å². The molecule has 0 unspecified atom stereocenters. The van der Waals surface area contributed by atoms with Crippen molar-refractivity contribution in [1.29, 1.82) is 0 Å². The van der Waals surface area contributed by atoms with Gasteiger partial charge in [-0.05, 0) is 82.0 Å². The minimum Gasteiger partial charge on any atom is -0.494 e. The van der Waals surface area contributed by atoms with Crippen LogP contribution in [-0.2, 0) is 26.0 Å². The number of benzene rings is 3. The molecule has 0 heterocycles. The van der Waals surface area contributed by atoms with E-state index in [-0.39, 0.29) is 23.4 Å². The molecule has 0 radical (unpaired) electrons. The van der Waals surface area contributed by atoms with Crippen LogP contribution >= 0.6 is 0 Å². The van der Waals surface area contributed by atoms with E-state index in [0.717, 1.165) is 21.9 Å². The number of anilines is 1. The number of ether oxygens (including phenoxy) is 1. The zero-order chi connectivity index (χ0) is 30.7. The first-order valence-corrected chi connectivity index (χ1v) is 16.0. The average Bonchev–Trinajstić information content (AvgIpc) is 2.99. The van der Waals surface area contributed by atoms with Crippen molar-refractivity contribution >= 4 is 27.5 Å². The molecule has 0 fully saturated rings. The summed E-state index contributed by atoms with van der Waals surface area (Å²) < 4.78 is 34.6. The number of nitrogens with zero attached hydrogens (tertiary/aromatic N) is 2. The van der Waals surface area contributed by atoms with E-state index >= 15 is 0 Å². The quantitative estimate of drug-likeness (QED) is 0.256. The summed E-state index contributed by atoms with van der Waals surface area (Å²) in [5.41, 5.74) is 2.34. The number of rotatable bonds is 15. The fraction of sp³-hybridized carbons (Fsp3) is 0.394. The Morgan fingerprint density at radius 1 is 0.881 bits per heavy atom. The molecule has 42 heavy (non-hydrogen) atoms. The van der Waals surface area contributed by atoms with E-state index in [4.69, 9.17) is 4.74 Å². The zero-order valence-electron chi connectivity index (χ0n) is 25.2. The molecule has 9 heteroatoms. The fourth-order valence-corrected chi connectivity index (χ4v) is 5.99. The number of carbonyl (C=O) groups is 2. The lowest BCUT2D eigenvalue weighted by Crippen LogP contribution is -2.54. The van der Waals surface area contributed by atoms with Gasteiger partial charge in [0.05, 0.1) is 17.2 Å². The SMILES string of the molecule is CCOc1ccc(S(=O)(=O)N(CC(=O)N(CCc2ccccc2)[C@@H](CC)C(=O)N[C@H](C)CC)c2ccc(C)cc2)cc1. The molecule has 2 amide bonds. The third kappa shape index (κ3) is 8.58. The molecule has 2 atom stereocenters. The second-order valence-corrected chi connectivity index (χ2v) is 12.2. The van der Waals surface area contributed by atoms with Crippen molar-refractivity contribution in [2.45, 2.75) is 70.9 Å². The van der Waals surface area contributed by atoms with Crippen LogP contribution in [0.4, 0.5) is 5.69 Å². The van der Waals surface area contributed by atoms with Crippen molar-refractivity contribution < 1.29 is 22.7 Å². The second-order valence-electron chi connectivity index (χ2n) is 10.3. The van der Waals surface area contributed by atoms with Crippen LogP contribution in [0.15, 0.2) is 83.8 Å². The fourth-order valence-electron chi connectivity index (χ4n) is 4.58. The second kappa shape index (κ2) is 15.4. The predicted molar refractivity (Wildman–Crippen MR) is 167 cm³/mol. The maximum atomic E-state index is 14.1. The molecule has 3 rings (SSSR count). The van der Waals surface area contributed by atoms with Crippen molar-refractivity contribution in [1.82, 2.24) is 10.2 Å². The van der Waals surface area contributed by atoms with Gasteiger partial charge < -0.3 is 15.0 Å². The smallest absolute Gasteiger partial charge is 0.264 e. The molecule has 0 aromatic heterocycles. The molecule has 0 aliphatic heterocycles. The maximum Gasteiger partial charge on any atom is 0.264 e. The number of amides is 2. The highest BCUT2D eigenvalue weighted by molar-refractivity contribution is 7.92. The van der Waals surface area contributed by atoms with Gasteiger partial charge in [0, 0.05) is 12.6 Å². The molecule has 8 nitrogen and oxygen atoms in total. The topological polar surface area (TPSA) is 96.0 Å². The molecule has 0 aliphatic carbocycles. The lowest BCUT2D eigenvalue weighted by atomic mass is 10.1. The normalized spacial score (nSPS) is 12.7. The zero-order valence-corrected chi connectivity index (χ0v) is 26.1. The summed E-state index contributed by atoms with van der Waals surface area (Å²) in [7, 11) is -4.14. The molecule has 0 bridgehead atoms. The van der Waals surface area contributed by atoms with Gasteiger partial charge >= 0.3 is 0 Å². The predicted octanol–water partition coefficient (Wildman–Crippen LogP) is 5.35. The van der Waals surface area contributed by atoms with E-state index in [2.05, 4.69) is 5.32 Å². The van der Waals surface area contributed by atoms with E-state index in [1.54, 1.807) is 24.3 Å². The first-order valence-electron chi connectivity index (χ1n) is 14.6. The summed E-state index contributed by atoms with van der Waals surface area (Å²) in [5.74, 6) is -0.142. The first-order chi connectivity index (χ1) is 20.1. The Morgan fingerprint density at radius 2 is 1.52 bits per heavy atom. The van der Waals surface area contributed by atoms with Crippen LogP contribution in [0, 0.1) is 6.92 Å². The third-order valence-corrected chi connectivity index (χ3v) is 8.98. The van der Waals surface area contributed by atoms with E-state index in [0.29, 0.717) is 30.9 Å². The molecule has 3 aromatic carbocycles. The molecule has 0 aliphatic rings. The summed E-state index contributed by atoms with van der Waals surface area (Å²) in [6.45, 7) is 9.79. The highest BCUT2D eigenvalue weighted by Crippen LogP contribution is 2.26. The number of sulfonamides is 1. The molecular formula is C33H43N3O5S. The summed E-state index contributed by atoms with van der Waals surface area (Å²) in [6.07, 6.45) is 1.66. The van der Waals surface area contributed by atoms with E-state index in [1.807, 2.05) is 77.1 Å². The Morgan fingerprint density at radius 3 is 2.10 bits per heavy atom. The molecule has 1 N–H and O–H groups in total. The molecule has 3 aromatic rings. The first kappa shape index (κ1) is 32.7. The van der Waals surface area contributed by atoms with Crippen LogP contribution in [0.25, 0.3) is 0 Å². The van der Waals surface area contributed by atoms with Crippen LogP contribution in [0.3, 0.4) is 0 Å². The molecule has 0 saturated carbocycles. The highest BCUT2D eigenvalue weighted by atomic mass is 32.2. The van der Waals surface area contributed by atoms with Crippen LogP contribution in [0.5, 0.6) is 5.75 Å². The summed E-state index contributed by atoms with van der Waals surface area (Å²) in [5, 5.41) is 3.00. The number of carbonyl (C=O) groups excluding carboxylic acids is 2. The van der Waals surface area contributed by atoms with Crippen molar-refractivity contribution in [2.75, 3.05) is 24.0 Å². The van der Waals surface area contributed by atoms with Gasteiger partial charge in [0.2, 0.25) is 11.8 Å². The lowest BCUT2D eigenvalue weighted by molar-refractivity contribution is -0.139. The highest BCUT2D eigenvalue weighted by Gasteiger charge is 2.33.